The van der Waals surface area contributed by atoms with E-state index in [-0.39, 0.29) is 36.2 Å². The molecule has 2 bridgehead atoms. The molecule has 3 aliphatic heterocycles. The number of esters is 1. The van der Waals surface area contributed by atoms with Gasteiger partial charge in [0.2, 0.25) is 5.91 Å². The highest BCUT2D eigenvalue weighted by molar-refractivity contribution is 5.85. The molecule has 3 saturated heterocycles. The highest BCUT2D eigenvalue weighted by atomic mass is 16.6. The van der Waals surface area contributed by atoms with Gasteiger partial charge in [-0.15, -0.1) is 0 Å². The van der Waals surface area contributed by atoms with Crippen molar-refractivity contribution in [2.24, 2.45) is 5.92 Å². The predicted octanol–water partition coefficient (Wildman–Crippen LogP) is 0.492. The first-order valence-electron chi connectivity index (χ1n) is 6.46. The highest BCUT2D eigenvalue weighted by Crippen LogP contribution is 2.48. The van der Waals surface area contributed by atoms with Gasteiger partial charge in [-0.05, 0) is 12.8 Å². The van der Waals surface area contributed by atoms with E-state index in [4.69, 9.17) is 9.47 Å². The number of ether oxygens (including phenoxy) is 2. The number of fused-ring (bicyclic) bond motifs is 1. The highest BCUT2D eigenvalue weighted by Gasteiger charge is 2.65. The number of nitrogens with zero attached hydrogens (tertiary/aromatic N) is 1. The Balaban J connectivity index is 1.84. The van der Waals surface area contributed by atoms with Crippen LogP contribution in [0.1, 0.15) is 19.8 Å². The van der Waals surface area contributed by atoms with Crippen LogP contribution in [0, 0.1) is 5.92 Å². The SMILES string of the molecule is C=CC(=O)OC1C2CC3C(=O)N(CCC)C1C3O2. The minimum absolute atomic E-state index is 0.0229. The maximum absolute atomic E-state index is 12.2. The van der Waals surface area contributed by atoms with Gasteiger partial charge in [-0.1, -0.05) is 13.5 Å². The number of amides is 1. The third-order valence-corrected chi connectivity index (χ3v) is 4.10. The molecule has 3 heterocycles. The zero-order valence-corrected chi connectivity index (χ0v) is 10.4. The van der Waals surface area contributed by atoms with Crippen molar-refractivity contribution < 1.29 is 19.1 Å². The summed E-state index contributed by atoms with van der Waals surface area (Å²) in [6, 6.07) is -0.0925. The van der Waals surface area contributed by atoms with Gasteiger partial charge in [0.15, 0.2) is 6.10 Å². The first-order chi connectivity index (χ1) is 8.67. The molecule has 1 amide bonds. The number of rotatable bonds is 4. The van der Waals surface area contributed by atoms with Crippen molar-refractivity contribution in [3.8, 4) is 0 Å². The molecule has 0 aliphatic carbocycles. The molecule has 0 aromatic heterocycles. The molecule has 3 aliphatic rings. The second kappa shape index (κ2) is 4.09. The summed E-state index contributed by atoms with van der Waals surface area (Å²) in [5.41, 5.74) is 0. The molecule has 5 nitrogen and oxygen atoms in total. The van der Waals surface area contributed by atoms with Gasteiger partial charge in [0, 0.05) is 12.6 Å². The Labute approximate surface area is 106 Å². The second-order valence-electron chi connectivity index (χ2n) is 5.11. The lowest BCUT2D eigenvalue weighted by Crippen LogP contribution is -2.46. The van der Waals surface area contributed by atoms with Crippen LogP contribution in [0.2, 0.25) is 0 Å². The molecule has 5 unspecified atom stereocenters. The monoisotopic (exact) mass is 251 g/mol. The molecule has 0 spiro atoms. The van der Waals surface area contributed by atoms with Crippen molar-refractivity contribution in [2.45, 2.75) is 44.1 Å². The smallest absolute Gasteiger partial charge is 0.330 e. The Morgan fingerprint density at radius 3 is 3.11 bits per heavy atom. The number of carbonyl (C=O) groups excluding carboxylic acids is 2. The van der Waals surface area contributed by atoms with Gasteiger partial charge in [0.05, 0.1) is 24.2 Å². The van der Waals surface area contributed by atoms with Crippen molar-refractivity contribution in [1.29, 1.82) is 0 Å². The second-order valence-corrected chi connectivity index (χ2v) is 5.11. The maximum atomic E-state index is 12.2. The van der Waals surface area contributed by atoms with Crippen LogP contribution in [0.25, 0.3) is 0 Å². The van der Waals surface area contributed by atoms with Gasteiger partial charge in [-0.25, -0.2) is 4.79 Å². The molecule has 0 saturated carbocycles. The predicted molar refractivity (Wildman–Crippen MR) is 62.6 cm³/mol. The summed E-state index contributed by atoms with van der Waals surface area (Å²) in [5, 5.41) is 0. The van der Waals surface area contributed by atoms with E-state index in [1.165, 1.54) is 0 Å². The lowest BCUT2D eigenvalue weighted by molar-refractivity contribution is -0.148. The van der Waals surface area contributed by atoms with E-state index in [2.05, 4.69) is 6.58 Å². The molecule has 18 heavy (non-hydrogen) atoms. The zero-order valence-electron chi connectivity index (χ0n) is 10.4. The topological polar surface area (TPSA) is 55.8 Å². The van der Waals surface area contributed by atoms with E-state index < -0.39 is 5.97 Å². The Bertz CT molecular complexity index is 408. The third kappa shape index (κ3) is 1.43. The Morgan fingerprint density at radius 2 is 2.44 bits per heavy atom. The molecule has 0 radical (unpaired) electrons. The molecular weight excluding hydrogens is 234 g/mol. The van der Waals surface area contributed by atoms with Gasteiger partial charge >= 0.3 is 5.97 Å². The Morgan fingerprint density at radius 1 is 1.67 bits per heavy atom. The van der Waals surface area contributed by atoms with E-state index >= 15 is 0 Å². The molecule has 98 valence electrons. The Hall–Kier alpha value is -1.36. The van der Waals surface area contributed by atoms with Crippen molar-refractivity contribution in [3.05, 3.63) is 12.7 Å². The van der Waals surface area contributed by atoms with E-state index in [0.29, 0.717) is 13.0 Å². The molecule has 0 aromatic rings. The van der Waals surface area contributed by atoms with Crippen LogP contribution in [0.4, 0.5) is 0 Å². The van der Waals surface area contributed by atoms with Crippen LogP contribution < -0.4 is 0 Å². The molecular formula is C13H17NO4. The summed E-state index contributed by atoms with van der Waals surface area (Å²) >= 11 is 0. The largest absolute Gasteiger partial charge is 0.454 e. The van der Waals surface area contributed by atoms with Gasteiger partial charge in [-0.2, -0.15) is 0 Å². The summed E-state index contributed by atoms with van der Waals surface area (Å²) in [6.07, 6.45) is 2.19. The van der Waals surface area contributed by atoms with Crippen LogP contribution in [0.3, 0.4) is 0 Å². The van der Waals surface area contributed by atoms with Gasteiger partial charge in [0.1, 0.15) is 0 Å². The summed E-state index contributed by atoms with van der Waals surface area (Å²) < 4.78 is 11.2. The summed E-state index contributed by atoms with van der Waals surface area (Å²) in [6.45, 7) is 6.14. The van der Waals surface area contributed by atoms with Crippen LogP contribution in [-0.4, -0.2) is 47.7 Å². The fourth-order valence-electron chi connectivity index (χ4n) is 3.46. The van der Waals surface area contributed by atoms with Crippen LogP contribution in [0.15, 0.2) is 12.7 Å². The van der Waals surface area contributed by atoms with Crippen molar-refractivity contribution in [3.63, 3.8) is 0 Å². The van der Waals surface area contributed by atoms with E-state index in [1.807, 2.05) is 11.8 Å². The number of likely N-dealkylation sites (tertiary alicyclic amines) is 1. The van der Waals surface area contributed by atoms with Crippen LogP contribution in [0.5, 0.6) is 0 Å². The van der Waals surface area contributed by atoms with Gasteiger partial charge in [0.25, 0.3) is 0 Å². The number of carbonyl (C=O) groups is 2. The Kier molecular flexibility index (Phi) is 2.66. The average molecular weight is 251 g/mol. The first-order valence-corrected chi connectivity index (χ1v) is 6.46. The van der Waals surface area contributed by atoms with Crippen LogP contribution >= 0.6 is 0 Å². The number of hydrogen-bond acceptors (Lipinski definition) is 4. The molecule has 0 N–H and O–H groups in total. The van der Waals surface area contributed by atoms with Gasteiger partial charge < -0.3 is 14.4 Å². The van der Waals surface area contributed by atoms with Crippen molar-refractivity contribution in [2.75, 3.05) is 6.54 Å². The van der Waals surface area contributed by atoms with Crippen LogP contribution in [-0.2, 0) is 19.1 Å². The molecule has 5 atom stereocenters. The molecule has 5 heteroatoms. The molecule has 3 rings (SSSR count). The summed E-state index contributed by atoms with van der Waals surface area (Å²) in [4.78, 5) is 25.4. The van der Waals surface area contributed by atoms with Crippen molar-refractivity contribution >= 4 is 11.9 Å². The lowest BCUT2D eigenvalue weighted by atomic mass is 9.88. The molecule has 0 aromatic carbocycles. The van der Waals surface area contributed by atoms with Crippen molar-refractivity contribution in [1.82, 2.24) is 4.90 Å². The minimum atomic E-state index is -0.441. The average Bonchev–Trinajstić information content (AvgIpc) is 2.97. The van der Waals surface area contributed by atoms with E-state index in [1.54, 1.807) is 0 Å². The molecule has 3 fully saturated rings. The van der Waals surface area contributed by atoms with Gasteiger partial charge in [-0.3, -0.25) is 4.79 Å². The quantitative estimate of drug-likeness (QED) is 0.539. The van der Waals surface area contributed by atoms with E-state index in [9.17, 15) is 9.59 Å². The minimum Gasteiger partial charge on any atom is -0.454 e. The zero-order chi connectivity index (χ0) is 12.9. The standard InChI is InChI=1S/C13H17NO4/c1-3-5-14-10-11-7(13(14)16)6-8(17-11)12(10)18-9(15)4-2/h4,7-8,10-12H,2-3,5-6H2,1H3. The lowest BCUT2D eigenvalue weighted by Gasteiger charge is -2.28. The van der Waals surface area contributed by atoms with E-state index in [0.717, 1.165) is 12.5 Å². The summed E-state index contributed by atoms with van der Waals surface area (Å²) in [5.74, 6) is -0.305. The fraction of sp³-hybridized carbons (Fsp3) is 0.692. The fourth-order valence-corrected chi connectivity index (χ4v) is 3.46. The maximum Gasteiger partial charge on any atom is 0.330 e. The first kappa shape index (κ1) is 11.7. The normalized spacial score (nSPS) is 40.4. The number of hydrogen-bond donors (Lipinski definition) is 0. The third-order valence-electron chi connectivity index (χ3n) is 4.10. The summed E-state index contributed by atoms with van der Waals surface area (Å²) in [7, 11) is 0.